The third-order valence-electron chi connectivity index (χ3n) is 3.47. The number of hydrogen-bond donors (Lipinski definition) is 1. The van der Waals surface area contributed by atoms with Gasteiger partial charge in [0.1, 0.15) is 17.3 Å². The number of hydrogen-bond acceptors (Lipinski definition) is 3. The molecule has 0 fully saturated rings. The van der Waals surface area contributed by atoms with Crippen LogP contribution < -0.4 is 4.74 Å². The fourth-order valence-corrected chi connectivity index (χ4v) is 2.41. The molecule has 1 N–H and O–H groups in total. The number of H-pyrrole nitrogens is 1. The normalized spacial score (nSPS) is 10.6. The van der Waals surface area contributed by atoms with E-state index in [1.54, 1.807) is 7.11 Å². The van der Waals surface area contributed by atoms with Gasteiger partial charge in [0.2, 0.25) is 0 Å². The molecule has 1 aromatic heterocycles. The predicted molar refractivity (Wildman–Crippen MR) is 74.9 cm³/mol. The third-order valence-corrected chi connectivity index (χ3v) is 3.47. The summed E-state index contributed by atoms with van der Waals surface area (Å²) in [6, 6.07) is 1.98. The van der Waals surface area contributed by atoms with E-state index in [0.29, 0.717) is 11.4 Å². The second-order valence-electron chi connectivity index (χ2n) is 4.72. The van der Waals surface area contributed by atoms with Gasteiger partial charge in [-0.3, -0.25) is 4.79 Å². The maximum Gasteiger partial charge on any atom is 0.168 e. The highest BCUT2D eigenvalue weighted by molar-refractivity contribution is 5.86. The molecule has 0 aliphatic carbocycles. The number of aryl methyl sites for hydroxylation is 2. The molecule has 19 heavy (non-hydrogen) atoms. The average Bonchev–Trinajstić information content (AvgIpc) is 2.75. The highest BCUT2D eigenvalue weighted by atomic mass is 16.5. The largest absolute Gasteiger partial charge is 0.496 e. The van der Waals surface area contributed by atoms with Crippen LogP contribution in [0.5, 0.6) is 5.75 Å². The van der Waals surface area contributed by atoms with Gasteiger partial charge >= 0.3 is 0 Å². The Morgan fingerprint density at radius 2 is 1.89 bits per heavy atom. The molecule has 2 aromatic rings. The first-order valence-electron chi connectivity index (χ1n) is 6.16. The van der Waals surface area contributed by atoms with Crippen LogP contribution in [0.1, 0.15) is 33.0 Å². The quantitative estimate of drug-likeness (QED) is 0.860. The number of methoxy groups -OCH3 is 1. The summed E-state index contributed by atoms with van der Waals surface area (Å²) in [6.07, 6.45) is 0.813. The fraction of sp³-hybridized carbons (Fsp3) is 0.333. The van der Waals surface area contributed by atoms with Crippen LogP contribution >= 0.6 is 0 Å². The first kappa shape index (κ1) is 13.3. The van der Waals surface area contributed by atoms with Crippen molar-refractivity contribution in [2.75, 3.05) is 7.11 Å². The average molecular weight is 258 g/mol. The van der Waals surface area contributed by atoms with E-state index >= 15 is 0 Å². The van der Waals surface area contributed by atoms with Gasteiger partial charge in [0.25, 0.3) is 0 Å². The summed E-state index contributed by atoms with van der Waals surface area (Å²) in [5.41, 5.74) is 5.45. The lowest BCUT2D eigenvalue weighted by Crippen LogP contribution is -1.98. The minimum absolute atomic E-state index is 0.522. The van der Waals surface area contributed by atoms with Crippen LogP contribution in [0, 0.1) is 27.7 Å². The Labute approximate surface area is 112 Å². The second-order valence-corrected chi connectivity index (χ2v) is 4.72. The zero-order valence-electron chi connectivity index (χ0n) is 11.9. The van der Waals surface area contributed by atoms with Crippen molar-refractivity contribution in [3.8, 4) is 17.0 Å². The van der Waals surface area contributed by atoms with Crippen molar-refractivity contribution in [3.63, 3.8) is 0 Å². The number of aromatic nitrogens is 2. The molecule has 0 unspecified atom stereocenters. The summed E-state index contributed by atoms with van der Waals surface area (Å²) in [6.45, 7) is 7.89. The Balaban J connectivity index is 2.75. The molecule has 0 bridgehead atoms. The summed E-state index contributed by atoms with van der Waals surface area (Å²) >= 11 is 0. The lowest BCUT2D eigenvalue weighted by molar-refractivity contribution is 0.112. The predicted octanol–water partition coefficient (Wildman–Crippen LogP) is 3.13. The fourth-order valence-electron chi connectivity index (χ4n) is 2.41. The van der Waals surface area contributed by atoms with E-state index in [1.165, 1.54) is 0 Å². The van der Waals surface area contributed by atoms with Crippen LogP contribution in [0.3, 0.4) is 0 Å². The van der Waals surface area contributed by atoms with E-state index in [1.807, 2.05) is 33.8 Å². The van der Waals surface area contributed by atoms with E-state index in [2.05, 4.69) is 9.97 Å². The molecule has 0 atom stereocenters. The van der Waals surface area contributed by atoms with E-state index in [9.17, 15) is 4.79 Å². The molecule has 2 rings (SSSR count). The zero-order chi connectivity index (χ0) is 14.2. The van der Waals surface area contributed by atoms with Crippen molar-refractivity contribution < 1.29 is 9.53 Å². The highest BCUT2D eigenvalue weighted by Crippen LogP contribution is 2.34. The molecule has 0 radical (unpaired) electrons. The molecular weight excluding hydrogens is 240 g/mol. The molecule has 0 amide bonds. The molecule has 1 heterocycles. The molecular formula is C15H18N2O2. The number of carbonyl (C=O) groups excluding carboxylic acids is 1. The van der Waals surface area contributed by atoms with Crippen LogP contribution in [-0.2, 0) is 0 Å². The Kier molecular flexibility index (Phi) is 3.42. The zero-order valence-corrected chi connectivity index (χ0v) is 11.9. The van der Waals surface area contributed by atoms with Crippen molar-refractivity contribution in [2.24, 2.45) is 0 Å². The molecule has 1 aromatic carbocycles. The number of rotatable bonds is 3. The number of imidazole rings is 1. The molecule has 0 saturated heterocycles. The number of nitrogens with zero attached hydrogens (tertiary/aromatic N) is 1. The maximum atomic E-state index is 11.1. The van der Waals surface area contributed by atoms with Crippen LogP contribution in [-0.4, -0.2) is 23.4 Å². The summed E-state index contributed by atoms with van der Waals surface area (Å²) in [4.78, 5) is 18.6. The summed E-state index contributed by atoms with van der Waals surface area (Å²) in [5.74, 6) is 1.60. The maximum absolute atomic E-state index is 11.1. The van der Waals surface area contributed by atoms with Gasteiger partial charge < -0.3 is 9.72 Å². The number of nitrogens with one attached hydrogen (secondary N) is 1. The Morgan fingerprint density at radius 1 is 1.21 bits per heavy atom. The number of carbonyl (C=O) groups is 1. The van der Waals surface area contributed by atoms with Gasteiger partial charge in [0, 0.05) is 5.56 Å². The Bertz CT molecular complexity index is 642. The third kappa shape index (κ3) is 2.14. The number of ether oxygens (including phenoxy) is 1. The molecule has 100 valence electrons. The molecule has 0 saturated carbocycles. The van der Waals surface area contributed by atoms with Gasteiger partial charge in [-0.1, -0.05) is 0 Å². The van der Waals surface area contributed by atoms with Crippen LogP contribution in [0.2, 0.25) is 0 Å². The van der Waals surface area contributed by atoms with E-state index in [0.717, 1.165) is 40.1 Å². The van der Waals surface area contributed by atoms with E-state index < -0.39 is 0 Å². The van der Waals surface area contributed by atoms with Gasteiger partial charge in [-0.15, -0.1) is 0 Å². The van der Waals surface area contributed by atoms with Crippen molar-refractivity contribution in [2.45, 2.75) is 27.7 Å². The monoisotopic (exact) mass is 258 g/mol. The van der Waals surface area contributed by atoms with Gasteiger partial charge in [0.05, 0.1) is 12.8 Å². The first-order chi connectivity index (χ1) is 8.99. The van der Waals surface area contributed by atoms with Gasteiger partial charge in [-0.05, 0) is 50.5 Å². The van der Waals surface area contributed by atoms with E-state index in [-0.39, 0.29) is 0 Å². The standard InChI is InChI=1S/C15H18N2O2/c1-8-6-13(19-5)9(2)10(3)14(8)15-12(7-18)16-11(4)17-15/h6-7H,1-5H3,(H,16,17). The van der Waals surface area contributed by atoms with Crippen LogP contribution in [0.25, 0.3) is 11.3 Å². The lowest BCUT2D eigenvalue weighted by Gasteiger charge is -2.15. The second kappa shape index (κ2) is 4.88. The van der Waals surface area contributed by atoms with Crippen LogP contribution in [0.4, 0.5) is 0 Å². The smallest absolute Gasteiger partial charge is 0.168 e. The van der Waals surface area contributed by atoms with Crippen molar-refractivity contribution in [1.82, 2.24) is 9.97 Å². The number of benzene rings is 1. The molecule has 0 aliphatic rings. The first-order valence-corrected chi connectivity index (χ1v) is 6.16. The molecule has 4 heteroatoms. The molecule has 0 aliphatic heterocycles. The minimum atomic E-state index is 0.522. The number of aldehydes is 1. The van der Waals surface area contributed by atoms with Crippen molar-refractivity contribution in [1.29, 1.82) is 0 Å². The number of aromatic amines is 1. The Morgan fingerprint density at radius 3 is 2.47 bits per heavy atom. The highest BCUT2D eigenvalue weighted by Gasteiger charge is 2.17. The van der Waals surface area contributed by atoms with E-state index in [4.69, 9.17) is 4.74 Å². The lowest BCUT2D eigenvalue weighted by atomic mass is 9.94. The SMILES string of the molecule is COc1cc(C)c(-c2nc(C)[nH]c2C=O)c(C)c1C. The van der Waals surface area contributed by atoms with Gasteiger partial charge in [-0.25, -0.2) is 4.98 Å². The van der Waals surface area contributed by atoms with Crippen molar-refractivity contribution in [3.05, 3.63) is 34.3 Å². The van der Waals surface area contributed by atoms with Crippen molar-refractivity contribution >= 4 is 6.29 Å². The summed E-state index contributed by atoms with van der Waals surface area (Å²) in [7, 11) is 1.66. The van der Waals surface area contributed by atoms with Gasteiger partial charge in [-0.2, -0.15) is 0 Å². The topological polar surface area (TPSA) is 55.0 Å². The summed E-state index contributed by atoms with van der Waals surface area (Å²) < 4.78 is 5.36. The summed E-state index contributed by atoms with van der Waals surface area (Å²) in [5, 5.41) is 0. The van der Waals surface area contributed by atoms with Gasteiger partial charge in [0.15, 0.2) is 6.29 Å². The minimum Gasteiger partial charge on any atom is -0.496 e. The molecule has 0 spiro atoms. The Hall–Kier alpha value is -2.10. The molecule has 4 nitrogen and oxygen atoms in total. The van der Waals surface area contributed by atoms with Crippen LogP contribution in [0.15, 0.2) is 6.07 Å².